The molecule has 0 radical (unpaired) electrons. The van der Waals surface area contributed by atoms with E-state index in [1.165, 1.54) is 0 Å². The first-order valence-corrected chi connectivity index (χ1v) is 13.2. The number of nitrogens with one attached hydrogen (secondary N) is 4. The maximum absolute atomic E-state index is 12.4. The molecule has 1 amide bonds. The lowest BCUT2D eigenvalue weighted by Crippen LogP contribution is -2.55. The molecular weight excluding hydrogens is 470 g/mol. The lowest BCUT2D eigenvalue weighted by atomic mass is 9.96. The Morgan fingerprint density at radius 3 is 2.24 bits per heavy atom. The van der Waals surface area contributed by atoms with E-state index in [1.54, 1.807) is 26.0 Å². The number of carbonyl (C=O) groups excluding carboxylic acids is 2. The Bertz CT molecular complexity index is 971. The Morgan fingerprint density at radius 1 is 1.00 bits per heavy atom. The first kappa shape index (κ1) is 28.4. The van der Waals surface area contributed by atoms with Crippen LogP contribution in [0.4, 0.5) is 5.69 Å². The van der Waals surface area contributed by atoms with Crippen molar-refractivity contribution in [3.63, 3.8) is 0 Å². The maximum atomic E-state index is 12.4. The first-order chi connectivity index (χ1) is 17.9. The molecule has 9 nitrogen and oxygen atoms in total. The second kappa shape index (κ2) is 14.6. The van der Waals surface area contributed by atoms with Crippen LogP contribution in [-0.2, 0) is 9.53 Å². The molecule has 0 aliphatic carbocycles. The molecule has 1 aliphatic rings. The minimum atomic E-state index is -0.690. The number of hydrogen-bond donors (Lipinski definition) is 4. The Labute approximate surface area is 220 Å². The van der Waals surface area contributed by atoms with Crippen LogP contribution in [0.25, 0.3) is 0 Å². The summed E-state index contributed by atoms with van der Waals surface area (Å²) in [6.45, 7) is 13.2. The van der Waals surface area contributed by atoms with Crippen LogP contribution in [0.5, 0.6) is 5.75 Å². The van der Waals surface area contributed by atoms with Gasteiger partial charge in [0.05, 0.1) is 6.61 Å². The van der Waals surface area contributed by atoms with Crippen LogP contribution in [0.3, 0.4) is 0 Å². The summed E-state index contributed by atoms with van der Waals surface area (Å²) in [5.41, 5.74) is 2.66. The largest absolute Gasteiger partial charge is 0.492 e. The molecule has 0 aromatic heterocycles. The van der Waals surface area contributed by atoms with Gasteiger partial charge >= 0.3 is 5.97 Å². The van der Waals surface area contributed by atoms with Crippen molar-refractivity contribution in [2.45, 2.75) is 45.9 Å². The third-order valence-electron chi connectivity index (χ3n) is 6.50. The second-order valence-corrected chi connectivity index (χ2v) is 9.06. The van der Waals surface area contributed by atoms with Crippen molar-refractivity contribution < 1.29 is 19.1 Å². The van der Waals surface area contributed by atoms with Crippen molar-refractivity contribution in [3.8, 4) is 5.75 Å². The van der Waals surface area contributed by atoms with Gasteiger partial charge in [-0.25, -0.2) is 4.79 Å². The summed E-state index contributed by atoms with van der Waals surface area (Å²) in [5, 5.41) is 13.1. The molecule has 1 unspecified atom stereocenters. The van der Waals surface area contributed by atoms with Gasteiger partial charge in [0.25, 0.3) is 5.91 Å². The van der Waals surface area contributed by atoms with E-state index in [1.807, 2.05) is 36.4 Å². The third kappa shape index (κ3) is 8.73. The van der Waals surface area contributed by atoms with Gasteiger partial charge in [-0.1, -0.05) is 26.0 Å². The smallest absolute Gasteiger partial charge is 0.328 e. The summed E-state index contributed by atoms with van der Waals surface area (Å²) in [5.74, 6) is 0.409. The third-order valence-corrected chi connectivity index (χ3v) is 6.50. The fourth-order valence-corrected chi connectivity index (χ4v) is 4.16. The van der Waals surface area contributed by atoms with Crippen molar-refractivity contribution in [3.05, 3.63) is 59.7 Å². The standard InChI is InChI=1S/C28H41N5O4/c1-5-33(6-2)16-17-37-25-14-12-24(13-15-25)32-28-29-18-23(19-30-28)21-8-10-22(11-9-21)26(34)31-20(4)27(35)36-7-3/h8-15,20,23,28-30,32H,5-7,16-19H2,1-4H3,(H,31,34). The topological polar surface area (TPSA) is 104 Å². The summed E-state index contributed by atoms with van der Waals surface area (Å²) in [4.78, 5) is 26.5. The molecule has 0 spiro atoms. The highest BCUT2D eigenvalue weighted by atomic mass is 16.5. The maximum Gasteiger partial charge on any atom is 0.328 e. The van der Waals surface area contributed by atoms with E-state index in [0.29, 0.717) is 12.2 Å². The van der Waals surface area contributed by atoms with E-state index in [0.717, 1.165) is 49.7 Å². The molecule has 9 heteroatoms. The number of hydrogen-bond acceptors (Lipinski definition) is 8. The molecule has 2 aromatic rings. The normalized spacial score (nSPS) is 18.2. The van der Waals surface area contributed by atoms with Gasteiger partial charge in [0.2, 0.25) is 0 Å². The van der Waals surface area contributed by atoms with Gasteiger partial charge in [0, 0.05) is 36.8 Å². The van der Waals surface area contributed by atoms with Gasteiger partial charge in [-0.3, -0.25) is 15.4 Å². The molecule has 1 heterocycles. The molecule has 1 aliphatic heterocycles. The number of ether oxygens (including phenoxy) is 2. The Hall–Kier alpha value is -3.14. The molecule has 1 fully saturated rings. The molecule has 2 aromatic carbocycles. The number of anilines is 1. The highest BCUT2D eigenvalue weighted by molar-refractivity contribution is 5.96. The Balaban J connectivity index is 1.42. The number of carbonyl (C=O) groups is 2. The summed E-state index contributed by atoms with van der Waals surface area (Å²) in [6, 6.07) is 14.8. The molecule has 202 valence electrons. The number of likely N-dealkylation sites (N-methyl/N-ethyl adjacent to an activating group) is 1. The quantitative estimate of drug-likeness (QED) is 0.305. The molecule has 1 saturated heterocycles. The van der Waals surface area contributed by atoms with E-state index in [2.05, 4.69) is 40.0 Å². The van der Waals surface area contributed by atoms with Crippen LogP contribution < -0.4 is 26.0 Å². The molecular formula is C28H41N5O4. The van der Waals surface area contributed by atoms with Crippen LogP contribution >= 0.6 is 0 Å². The molecule has 4 N–H and O–H groups in total. The summed E-state index contributed by atoms with van der Waals surface area (Å²) in [7, 11) is 0. The zero-order valence-electron chi connectivity index (χ0n) is 22.4. The minimum Gasteiger partial charge on any atom is -0.492 e. The fourth-order valence-electron chi connectivity index (χ4n) is 4.16. The van der Waals surface area contributed by atoms with Crippen molar-refractivity contribution in [1.29, 1.82) is 0 Å². The van der Waals surface area contributed by atoms with Crippen LogP contribution in [0.2, 0.25) is 0 Å². The lowest BCUT2D eigenvalue weighted by Gasteiger charge is -2.32. The first-order valence-electron chi connectivity index (χ1n) is 13.2. The number of amides is 1. The van der Waals surface area contributed by atoms with Gasteiger partial charge in [0.15, 0.2) is 0 Å². The van der Waals surface area contributed by atoms with Crippen LogP contribution in [0, 0.1) is 0 Å². The summed E-state index contributed by atoms with van der Waals surface area (Å²) < 4.78 is 10.8. The number of esters is 1. The second-order valence-electron chi connectivity index (χ2n) is 9.06. The molecule has 3 rings (SSSR count). The van der Waals surface area contributed by atoms with Crippen molar-refractivity contribution in [2.24, 2.45) is 0 Å². The zero-order valence-corrected chi connectivity index (χ0v) is 22.4. The van der Waals surface area contributed by atoms with Crippen LogP contribution in [0.1, 0.15) is 49.5 Å². The molecule has 0 saturated carbocycles. The molecule has 37 heavy (non-hydrogen) atoms. The van der Waals surface area contributed by atoms with E-state index in [4.69, 9.17) is 9.47 Å². The summed E-state index contributed by atoms with van der Waals surface area (Å²) >= 11 is 0. The number of nitrogens with zero attached hydrogens (tertiary/aromatic N) is 1. The molecule has 0 bridgehead atoms. The van der Waals surface area contributed by atoms with Gasteiger partial charge in [-0.15, -0.1) is 0 Å². The number of benzene rings is 2. The Morgan fingerprint density at radius 2 is 1.65 bits per heavy atom. The van der Waals surface area contributed by atoms with Gasteiger partial charge in [0.1, 0.15) is 24.7 Å². The average Bonchev–Trinajstić information content (AvgIpc) is 2.92. The monoisotopic (exact) mass is 511 g/mol. The highest BCUT2D eigenvalue weighted by Crippen LogP contribution is 2.20. The van der Waals surface area contributed by atoms with E-state index in [9.17, 15) is 9.59 Å². The van der Waals surface area contributed by atoms with Crippen molar-refractivity contribution in [2.75, 3.05) is 51.3 Å². The van der Waals surface area contributed by atoms with Gasteiger partial charge in [-0.2, -0.15) is 0 Å². The zero-order chi connectivity index (χ0) is 26.6. The SMILES string of the molecule is CCOC(=O)C(C)NC(=O)c1ccc(C2CNC(Nc3ccc(OCCN(CC)CC)cc3)NC2)cc1. The lowest BCUT2D eigenvalue weighted by molar-refractivity contribution is -0.144. The average molecular weight is 512 g/mol. The van der Waals surface area contributed by atoms with E-state index >= 15 is 0 Å². The van der Waals surface area contributed by atoms with Crippen molar-refractivity contribution in [1.82, 2.24) is 20.9 Å². The molecule has 1 atom stereocenters. The highest BCUT2D eigenvalue weighted by Gasteiger charge is 2.22. The number of rotatable bonds is 13. The predicted molar refractivity (Wildman–Crippen MR) is 146 cm³/mol. The van der Waals surface area contributed by atoms with Gasteiger partial charge < -0.3 is 25.0 Å². The van der Waals surface area contributed by atoms with Crippen LogP contribution in [-0.4, -0.2) is 75.0 Å². The summed E-state index contributed by atoms with van der Waals surface area (Å²) in [6.07, 6.45) is -0.0416. The predicted octanol–water partition coefficient (Wildman–Crippen LogP) is 2.76. The van der Waals surface area contributed by atoms with Crippen LogP contribution in [0.15, 0.2) is 48.5 Å². The Kier molecular flexibility index (Phi) is 11.2. The fraction of sp³-hybridized carbons (Fsp3) is 0.500. The van der Waals surface area contributed by atoms with E-state index < -0.39 is 12.0 Å². The van der Waals surface area contributed by atoms with Gasteiger partial charge in [-0.05, 0) is 68.9 Å². The van der Waals surface area contributed by atoms with E-state index in [-0.39, 0.29) is 24.7 Å². The van der Waals surface area contributed by atoms with Crippen molar-refractivity contribution >= 4 is 17.6 Å². The minimum absolute atomic E-state index is 0.0416.